The van der Waals surface area contributed by atoms with Gasteiger partial charge in [0.05, 0.1) is 19.8 Å². The van der Waals surface area contributed by atoms with E-state index in [9.17, 15) is 4.79 Å². The van der Waals surface area contributed by atoms with Crippen molar-refractivity contribution in [2.75, 3.05) is 32.6 Å². The number of benzene rings is 1. The van der Waals surface area contributed by atoms with E-state index in [-0.39, 0.29) is 5.91 Å². The predicted octanol–water partition coefficient (Wildman–Crippen LogP) is 3.48. The molecule has 1 saturated heterocycles. The van der Waals surface area contributed by atoms with E-state index in [1.165, 1.54) is 19.3 Å². The molecule has 0 spiro atoms. The van der Waals surface area contributed by atoms with Crippen molar-refractivity contribution in [3.05, 3.63) is 41.9 Å². The fourth-order valence-corrected chi connectivity index (χ4v) is 3.90. The van der Waals surface area contributed by atoms with E-state index in [2.05, 4.69) is 10.3 Å². The Morgan fingerprint density at radius 1 is 1.10 bits per heavy atom. The summed E-state index contributed by atoms with van der Waals surface area (Å²) in [6.07, 6.45) is 7.27. The topological polar surface area (TPSA) is 76.6 Å². The van der Waals surface area contributed by atoms with Crippen LogP contribution in [0.4, 0.5) is 5.82 Å². The highest BCUT2D eigenvalue weighted by atomic mass is 16.5. The summed E-state index contributed by atoms with van der Waals surface area (Å²) in [7, 11) is 3.17. The smallest absolute Gasteiger partial charge is 0.257 e. The van der Waals surface area contributed by atoms with Crippen molar-refractivity contribution in [2.45, 2.75) is 44.1 Å². The predicted molar refractivity (Wildman–Crippen MR) is 111 cm³/mol. The number of aromatic nitrogens is 2. The lowest BCUT2D eigenvalue weighted by Crippen LogP contribution is -2.42. The number of methoxy groups -OCH3 is 2. The van der Waals surface area contributed by atoms with Crippen LogP contribution in [0, 0.1) is 0 Å². The molecule has 1 N–H and O–H groups in total. The van der Waals surface area contributed by atoms with Gasteiger partial charge in [0.15, 0.2) is 0 Å². The fraction of sp³-hybridized carbons (Fsp3) is 0.500. The average Bonchev–Trinajstić information content (AvgIpc) is 2.72. The van der Waals surface area contributed by atoms with Crippen LogP contribution in [0.3, 0.4) is 0 Å². The highest BCUT2D eigenvalue weighted by Gasteiger charge is 2.26. The minimum Gasteiger partial charge on any atom is -0.497 e. The van der Waals surface area contributed by atoms with Gasteiger partial charge in [0.2, 0.25) is 0 Å². The summed E-state index contributed by atoms with van der Waals surface area (Å²) < 4.78 is 10.6. The van der Waals surface area contributed by atoms with Crippen LogP contribution < -0.4 is 14.8 Å². The number of hydrogen-bond acceptors (Lipinski definition) is 6. The van der Waals surface area contributed by atoms with Crippen LogP contribution in [0.5, 0.6) is 11.5 Å². The van der Waals surface area contributed by atoms with Crippen molar-refractivity contribution in [1.29, 1.82) is 0 Å². The molecule has 0 atom stereocenters. The van der Waals surface area contributed by atoms with Crippen molar-refractivity contribution in [2.24, 2.45) is 0 Å². The Bertz CT molecular complexity index is 861. The number of ether oxygens (including phenoxy) is 2. The van der Waals surface area contributed by atoms with Gasteiger partial charge in [0, 0.05) is 37.3 Å². The third-order valence-electron chi connectivity index (χ3n) is 5.92. The molecule has 7 nitrogen and oxygen atoms in total. The zero-order valence-corrected chi connectivity index (χ0v) is 17.1. The van der Waals surface area contributed by atoms with E-state index >= 15 is 0 Å². The third-order valence-corrected chi connectivity index (χ3v) is 5.92. The summed E-state index contributed by atoms with van der Waals surface area (Å²) in [5.74, 6) is 3.59. The molecular formula is C22H28N4O3. The van der Waals surface area contributed by atoms with Gasteiger partial charge in [-0.15, -0.1) is 0 Å². The van der Waals surface area contributed by atoms with E-state index in [1.54, 1.807) is 32.4 Å². The van der Waals surface area contributed by atoms with E-state index in [1.807, 2.05) is 17.2 Å². The largest absolute Gasteiger partial charge is 0.497 e. The molecule has 0 bridgehead atoms. The van der Waals surface area contributed by atoms with E-state index in [0.717, 1.165) is 24.5 Å². The molecule has 1 aromatic heterocycles. The van der Waals surface area contributed by atoms with Crippen LogP contribution in [0.2, 0.25) is 0 Å². The first-order valence-electron chi connectivity index (χ1n) is 10.3. The first-order chi connectivity index (χ1) is 14.2. The number of nitrogens with one attached hydrogen (secondary N) is 1. The molecule has 1 saturated carbocycles. The van der Waals surface area contributed by atoms with Gasteiger partial charge >= 0.3 is 0 Å². The molecule has 2 heterocycles. The monoisotopic (exact) mass is 396 g/mol. The van der Waals surface area contributed by atoms with E-state index in [0.29, 0.717) is 42.1 Å². The van der Waals surface area contributed by atoms with Crippen molar-refractivity contribution in [3.8, 4) is 11.5 Å². The van der Waals surface area contributed by atoms with Gasteiger partial charge in [-0.1, -0.05) is 6.42 Å². The molecular weight excluding hydrogens is 368 g/mol. The van der Waals surface area contributed by atoms with Crippen LogP contribution in [0.25, 0.3) is 0 Å². The molecule has 1 amide bonds. The zero-order valence-electron chi connectivity index (χ0n) is 17.1. The second kappa shape index (κ2) is 8.68. The highest BCUT2D eigenvalue weighted by molar-refractivity contribution is 5.97. The van der Waals surface area contributed by atoms with E-state index < -0.39 is 0 Å². The minimum absolute atomic E-state index is 0.00254. The number of anilines is 1. The Labute approximate surface area is 171 Å². The van der Waals surface area contributed by atoms with Gasteiger partial charge in [-0.2, -0.15) is 0 Å². The lowest BCUT2D eigenvalue weighted by atomic mass is 9.85. The number of likely N-dealkylation sites (tertiary alicyclic amines) is 1. The number of hydrogen-bond donors (Lipinski definition) is 1. The minimum atomic E-state index is -0.00254. The Kier molecular flexibility index (Phi) is 5.83. The number of rotatable bonds is 6. The Morgan fingerprint density at radius 3 is 2.55 bits per heavy atom. The van der Waals surface area contributed by atoms with Crippen molar-refractivity contribution in [1.82, 2.24) is 14.9 Å². The van der Waals surface area contributed by atoms with Crippen LogP contribution in [0.15, 0.2) is 30.5 Å². The lowest BCUT2D eigenvalue weighted by Gasteiger charge is -2.33. The first kappa shape index (κ1) is 19.5. The van der Waals surface area contributed by atoms with Crippen molar-refractivity contribution < 1.29 is 14.3 Å². The number of amides is 1. The summed E-state index contributed by atoms with van der Waals surface area (Å²) in [5, 5.41) is 3.53. The molecule has 2 fully saturated rings. The van der Waals surface area contributed by atoms with Gasteiger partial charge in [-0.3, -0.25) is 4.79 Å². The Morgan fingerprint density at radius 2 is 1.90 bits per heavy atom. The quantitative estimate of drug-likeness (QED) is 0.806. The summed E-state index contributed by atoms with van der Waals surface area (Å²) in [5.41, 5.74) is 0.570. The molecule has 1 aliphatic carbocycles. The number of carbonyl (C=O) groups excluding carboxylic acids is 1. The number of carbonyl (C=O) groups is 1. The molecule has 0 unspecified atom stereocenters. The molecule has 2 aromatic rings. The van der Waals surface area contributed by atoms with Gasteiger partial charge in [-0.05, 0) is 43.9 Å². The standard InChI is InChI=1S/C22H28N4O3/c1-28-17-6-7-18(19(14-17)29-2)22(27)26-12-9-16(10-13-26)24-20-8-11-23-21(25-20)15-4-3-5-15/h6-8,11,14-16H,3-5,9-10,12-13H2,1-2H3,(H,23,24,25). The summed E-state index contributed by atoms with van der Waals surface area (Å²) in [6.45, 7) is 1.40. The van der Waals surface area contributed by atoms with Gasteiger partial charge in [0.25, 0.3) is 5.91 Å². The molecule has 29 heavy (non-hydrogen) atoms. The Hall–Kier alpha value is -2.83. The molecule has 0 radical (unpaired) electrons. The fourth-order valence-electron chi connectivity index (χ4n) is 3.90. The molecule has 4 rings (SSSR count). The Balaban J connectivity index is 1.35. The maximum absolute atomic E-state index is 13.0. The first-order valence-corrected chi connectivity index (χ1v) is 10.3. The maximum atomic E-state index is 13.0. The van der Waals surface area contributed by atoms with Gasteiger partial charge in [-0.25, -0.2) is 9.97 Å². The number of nitrogens with zero attached hydrogens (tertiary/aromatic N) is 3. The van der Waals surface area contributed by atoms with Crippen LogP contribution in [0.1, 0.15) is 54.2 Å². The number of piperidine rings is 1. The average molecular weight is 396 g/mol. The van der Waals surface area contributed by atoms with E-state index in [4.69, 9.17) is 14.5 Å². The van der Waals surface area contributed by atoms with Crippen molar-refractivity contribution in [3.63, 3.8) is 0 Å². The summed E-state index contributed by atoms with van der Waals surface area (Å²) >= 11 is 0. The SMILES string of the molecule is COc1ccc(C(=O)N2CCC(Nc3ccnc(C4CCC4)n3)CC2)c(OC)c1. The highest BCUT2D eigenvalue weighted by Crippen LogP contribution is 2.34. The molecule has 1 aromatic carbocycles. The normalized spacial score (nSPS) is 17.5. The molecule has 154 valence electrons. The summed E-state index contributed by atoms with van der Waals surface area (Å²) in [6, 6.07) is 7.55. The van der Waals surface area contributed by atoms with Crippen LogP contribution in [-0.2, 0) is 0 Å². The zero-order chi connectivity index (χ0) is 20.2. The summed E-state index contributed by atoms with van der Waals surface area (Å²) in [4.78, 5) is 24.0. The van der Waals surface area contributed by atoms with Gasteiger partial charge in [0.1, 0.15) is 23.1 Å². The van der Waals surface area contributed by atoms with Crippen LogP contribution in [-0.4, -0.2) is 54.1 Å². The molecule has 1 aliphatic heterocycles. The van der Waals surface area contributed by atoms with Gasteiger partial charge < -0.3 is 19.7 Å². The second-order valence-corrected chi connectivity index (χ2v) is 7.70. The maximum Gasteiger partial charge on any atom is 0.257 e. The third kappa shape index (κ3) is 4.28. The molecule has 2 aliphatic rings. The second-order valence-electron chi connectivity index (χ2n) is 7.70. The lowest BCUT2D eigenvalue weighted by molar-refractivity contribution is 0.0715. The van der Waals surface area contributed by atoms with Crippen molar-refractivity contribution >= 4 is 11.7 Å². The molecule has 7 heteroatoms. The van der Waals surface area contributed by atoms with Crippen LogP contribution >= 0.6 is 0 Å².